The summed E-state index contributed by atoms with van der Waals surface area (Å²) in [6, 6.07) is 0. The SMILES string of the molecule is CCCCOCCOCC(=O)NCCOCCOCC(=O)NCCCC[C@H](CC)C(=O)O. The number of hydrogen-bond acceptors (Lipinski definition) is 7. The Bertz CT molecular complexity index is 491. The average Bonchev–Trinajstić information content (AvgIpc) is 2.77. The molecule has 0 saturated heterocycles. The van der Waals surface area contributed by atoms with E-state index in [1.807, 2.05) is 6.92 Å². The van der Waals surface area contributed by atoms with Crippen molar-refractivity contribution in [3.63, 3.8) is 0 Å². The summed E-state index contributed by atoms with van der Waals surface area (Å²) in [6.07, 6.45) is 4.85. The Kier molecular flexibility index (Phi) is 21.2. The lowest BCUT2D eigenvalue weighted by atomic mass is 9.99. The maximum absolute atomic E-state index is 11.7. The van der Waals surface area contributed by atoms with Gasteiger partial charge in [-0.1, -0.05) is 26.7 Å². The van der Waals surface area contributed by atoms with Crippen molar-refractivity contribution in [3.8, 4) is 0 Å². The molecule has 0 rings (SSSR count). The number of carboxylic acids is 1. The second kappa shape index (κ2) is 22.4. The normalized spacial score (nSPS) is 11.8. The first-order valence-corrected chi connectivity index (χ1v) is 11.6. The molecule has 0 aliphatic carbocycles. The van der Waals surface area contributed by atoms with Gasteiger partial charge in [0.1, 0.15) is 13.2 Å². The monoisotopic (exact) mass is 462 g/mol. The summed E-state index contributed by atoms with van der Waals surface area (Å²) in [5.74, 6) is -1.49. The largest absolute Gasteiger partial charge is 0.481 e. The molecule has 0 unspecified atom stereocenters. The molecule has 10 nitrogen and oxygen atoms in total. The molecule has 0 aliphatic rings. The van der Waals surface area contributed by atoms with Crippen LogP contribution >= 0.6 is 0 Å². The summed E-state index contributed by atoms with van der Waals surface area (Å²) in [5, 5.41) is 14.4. The van der Waals surface area contributed by atoms with Crippen LogP contribution in [0.25, 0.3) is 0 Å². The number of ether oxygens (including phenoxy) is 4. The van der Waals surface area contributed by atoms with E-state index in [9.17, 15) is 14.4 Å². The number of hydrogen-bond donors (Lipinski definition) is 3. The molecule has 0 aliphatic heterocycles. The van der Waals surface area contributed by atoms with Gasteiger partial charge in [0.15, 0.2) is 0 Å². The predicted octanol–water partition coefficient (Wildman–Crippen LogP) is 1.37. The lowest BCUT2D eigenvalue weighted by Gasteiger charge is -2.10. The van der Waals surface area contributed by atoms with Crippen LogP contribution in [0.1, 0.15) is 52.4 Å². The minimum atomic E-state index is -0.761. The minimum Gasteiger partial charge on any atom is -0.481 e. The van der Waals surface area contributed by atoms with Crippen LogP contribution in [0.2, 0.25) is 0 Å². The van der Waals surface area contributed by atoms with Crippen LogP contribution in [0, 0.1) is 5.92 Å². The Morgan fingerprint density at radius 3 is 1.84 bits per heavy atom. The first kappa shape index (κ1) is 30.2. The van der Waals surface area contributed by atoms with E-state index in [0.717, 1.165) is 25.7 Å². The Morgan fingerprint density at radius 1 is 0.719 bits per heavy atom. The van der Waals surface area contributed by atoms with Crippen molar-refractivity contribution in [1.82, 2.24) is 10.6 Å². The van der Waals surface area contributed by atoms with Gasteiger partial charge >= 0.3 is 5.97 Å². The van der Waals surface area contributed by atoms with Gasteiger partial charge in [0, 0.05) is 19.7 Å². The van der Waals surface area contributed by atoms with Crippen LogP contribution < -0.4 is 10.6 Å². The summed E-state index contributed by atoms with van der Waals surface area (Å²) in [5.41, 5.74) is 0. The van der Waals surface area contributed by atoms with Crippen molar-refractivity contribution in [2.45, 2.75) is 52.4 Å². The van der Waals surface area contributed by atoms with Crippen LogP contribution in [0.5, 0.6) is 0 Å². The van der Waals surface area contributed by atoms with E-state index < -0.39 is 5.97 Å². The smallest absolute Gasteiger partial charge is 0.306 e. The van der Waals surface area contributed by atoms with Crippen LogP contribution in [0.3, 0.4) is 0 Å². The molecule has 0 aromatic heterocycles. The lowest BCUT2D eigenvalue weighted by molar-refractivity contribution is -0.142. The molecule has 32 heavy (non-hydrogen) atoms. The molecule has 0 radical (unpaired) electrons. The number of unbranched alkanes of at least 4 members (excludes halogenated alkanes) is 2. The number of amides is 2. The van der Waals surface area contributed by atoms with E-state index in [1.165, 1.54) is 0 Å². The van der Waals surface area contributed by atoms with Gasteiger partial charge in [-0.15, -0.1) is 0 Å². The summed E-state index contributed by atoms with van der Waals surface area (Å²) < 4.78 is 21.1. The number of rotatable bonds is 23. The van der Waals surface area contributed by atoms with Gasteiger partial charge in [0.25, 0.3) is 0 Å². The third kappa shape index (κ3) is 20.2. The van der Waals surface area contributed by atoms with Crippen LogP contribution in [0.4, 0.5) is 0 Å². The minimum absolute atomic E-state index is 0.00585. The van der Waals surface area contributed by atoms with Gasteiger partial charge in [-0.2, -0.15) is 0 Å². The zero-order valence-corrected chi connectivity index (χ0v) is 19.7. The second-order valence-corrected chi connectivity index (χ2v) is 7.32. The molecule has 10 heteroatoms. The molecule has 1 atom stereocenters. The number of carbonyl (C=O) groups is 3. The first-order chi connectivity index (χ1) is 15.5. The predicted molar refractivity (Wildman–Crippen MR) is 119 cm³/mol. The molecule has 0 fully saturated rings. The van der Waals surface area contributed by atoms with E-state index in [-0.39, 0.29) is 37.6 Å². The molecule has 188 valence electrons. The third-order valence-corrected chi connectivity index (χ3v) is 4.56. The molecular weight excluding hydrogens is 420 g/mol. The Morgan fingerprint density at radius 2 is 1.28 bits per heavy atom. The molecule has 0 spiro atoms. The molecular formula is C22H42N2O8. The van der Waals surface area contributed by atoms with E-state index in [4.69, 9.17) is 24.1 Å². The average molecular weight is 463 g/mol. The van der Waals surface area contributed by atoms with Crippen molar-refractivity contribution in [2.24, 2.45) is 5.92 Å². The number of nitrogens with one attached hydrogen (secondary N) is 2. The number of aliphatic carboxylic acids is 1. The highest BCUT2D eigenvalue weighted by Gasteiger charge is 2.13. The molecule has 0 saturated carbocycles. The van der Waals surface area contributed by atoms with Crippen molar-refractivity contribution in [3.05, 3.63) is 0 Å². The highest BCUT2D eigenvalue weighted by Crippen LogP contribution is 2.12. The Balaban J connectivity index is 3.37. The van der Waals surface area contributed by atoms with Crippen molar-refractivity contribution >= 4 is 17.8 Å². The number of carboxylic acid groups (broad SMARTS) is 1. The van der Waals surface area contributed by atoms with Gasteiger partial charge in [-0.3, -0.25) is 14.4 Å². The lowest BCUT2D eigenvalue weighted by Crippen LogP contribution is -2.31. The van der Waals surface area contributed by atoms with Gasteiger partial charge in [0.05, 0.1) is 39.0 Å². The van der Waals surface area contributed by atoms with Crippen LogP contribution in [-0.4, -0.2) is 88.8 Å². The molecule has 0 aromatic carbocycles. The standard InChI is InChI=1S/C22H42N2O8/c1-3-5-11-29-13-15-31-18-21(26)24-10-12-30-14-16-32-17-20(25)23-9-7-6-8-19(4-2)22(27)28/h19H,3-18H2,1-2H3,(H,23,25)(H,24,26)(H,27,28)/t19-/m0/s1. The molecule has 0 aromatic rings. The molecule has 0 bridgehead atoms. The summed E-state index contributed by atoms with van der Waals surface area (Å²) in [6.45, 7) is 7.32. The Labute approximate surface area is 191 Å². The van der Waals surface area contributed by atoms with Gasteiger partial charge in [0.2, 0.25) is 11.8 Å². The fraction of sp³-hybridized carbons (Fsp3) is 0.864. The third-order valence-electron chi connectivity index (χ3n) is 4.56. The van der Waals surface area contributed by atoms with Crippen molar-refractivity contribution in [1.29, 1.82) is 0 Å². The van der Waals surface area contributed by atoms with Crippen LogP contribution in [0.15, 0.2) is 0 Å². The van der Waals surface area contributed by atoms with E-state index in [0.29, 0.717) is 59.0 Å². The van der Waals surface area contributed by atoms with Crippen molar-refractivity contribution < 1.29 is 38.4 Å². The van der Waals surface area contributed by atoms with E-state index in [1.54, 1.807) is 0 Å². The van der Waals surface area contributed by atoms with Gasteiger partial charge in [-0.05, 0) is 25.7 Å². The van der Waals surface area contributed by atoms with Gasteiger partial charge in [-0.25, -0.2) is 0 Å². The van der Waals surface area contributed by atoms with Gasteiger partial charge < -0.3 is 34.7 Å². The second-order valence-electron chi connectivity index (χ2n) is 7.32. The fourth-order valence-electron chi connectivity index (χ4n) is 2.63. The summed E-state index contributed by atoms with van der Waals surface area (Å²) in [4.78, 5) is 34.1. The zero-order chi connectivity index (χ0) is 23.9. The van der Waals surface area contributed by atoms with E-state index >= 15 is 0 Å². The topological polar surface area (TPSA) is 132 Å². The maximum Gasteiger partial charge on any atom is 0.306 e. The zero-order valence-electron chi connectivity index (χ0n) is 19.7. The van der Waals surface area contributed by atoms with Crippen LogP contribution in [-0.2, 0) is 33.3 Å². The van der Waals surface area contributed by atoms with E-state index in [2.05, 4.69) is 17.6 Å². The molecule has 3 N–H and O–H groups in total. The highest BCUT2D eigenvalue weighted by atomic mass is 16.5. The first-order valence-electron chi connectivity index (χ1n) is 11.6. The number of carbonyl (C=O) groups excluding carboxylic acids is 2. The quantitative estimate of drug-likeness (QED) is 0.194. The summed E-state index contributed by atoms with van der Waals surface area (Å²) in [7, 11) is 0. The Hall–Kier alpha value is -1.75. The highest BCUT2D eigenvalue weighted by molar-refractivity contribution is 5.77. The molecule has 0 heterocycles. The summed E-state index contributed by atoms with van der Waals surface area (Å²) >= 11 is 0. The molecule has 2 amide bonds. The van der Waals surface area contributed by atoms with Crippen molar-refractivity contribution in [2.75, 3.05) is 65.9 Å². The fourth-order valence-corrected chi connectivity index (χ4v) is 2.63. The maximum atomic E-state index is 11.7.